The molecule has 1 aliphatic heterocycles. The van der Waals surface area contributed by atoms with Gasteiger partial charge in [-0.25, -0.2) is 0 Å². The van der Waals surface area contributed by atoms with E-state index in [-0.39, 0.29) is 11.9 Å². The molecule has 1 saturated heterocycles. The van der Waals surface area contributed by atoms with Gasteiger partial charge in [-0.1, -0.05) is 41.4 Å². The van der Waals surface area contributed by atoms with Crippen molar-refractivity contribution in [2.45, 2.75) is 12.6 Å². The molecule has 1 fully saturated rings. The number of hydrogen-bond acceptors (Lipinski definition) is 3. The summed E-state index contributed by atoms with van der Waals surface area (Å²) in [4.78, 5) is 2.32. The van der Waals surface area contributed by atoms with Crippen LogP contribution >= 0.6 is 23.2 Å². The number of aromatic hydroxyl groups is 1. The Kier molecular flexibility index (Phi) is 4.89. The number of phenols is 1. The van der Waals surface area contributed by atoms with Crippen LogP contribution in [0.25, 0.3) is 0 Å². The standard InChI is InChI=1S/C17H17Cl2NO2/c18-14-4-2-13(3-5-14)17-11-20(7-8-22-17)10-12-1-6-16(21)15(19)9-12/h1-6,9,17,21H,7-8,10-11H2/t17-/m0/s1. The van der Waals surface area contributed by atoms with Gasteiger partial charge in [-0.3, -0.25) is 4.90 Å². The third kappa shape index (κ3) is 3.73. The van der Waals surface area contributed by atoms with Gasteiger partial charge in [-0.15, -0.1) is 0 Å². The SMILES string of the molecule is Oc1ccc(CN2CCO[C@H](c3ccc(Cl)cc3)C2)cc1Cl. The average Bonchev–Trinajstić information content (AvgIpc) is 2.52. The second-order valence-corrected chi connectivity index (χ2v) is 6.28. The average molecular weight is 338 g/mol. The van der Waals surface area contributed by atoms with E-state index < -0.39 is 0 Å². The van der Waals surface area contributed by atoms with E-state index in [1.807, 2.05) is 36.4 Å². The quantitative estimate of drug-likeness (QED) is 0.907. The first kappa shape index (κ1) is 15.6. The van der Waals surface area contributed by atoms with Crippen LogP contribution in [-0.2, 0) is 11.3 Å². The zero-order chi connectivity index (χ0) is 15.5. The molecule has 0 amide bonds. The molecule has 3 rings (SSSR count). The fourth-order valence-corrected chi connectivity index (χ4v) is 2.96. The number of morpholine rings is 1. The fraction of sp³-hybridized carbons (Fsp3) is 0.294. The lowest BCUT2D eigenvalue weighted by Crippen LogP contribution is -2.37. The zero-order valence-electron chi connectivity index (χ0n) is 12.0. The van der Waals surface area contributed by atoms with Crippen molar-refractivity contribution in [1.29, 1.82) is 0 Å². The lowest BCUT2D eigenvalue weighted by Gasteiger charge is -2.33. The van der Waals surface area contributed by atoms with Crippen LogP contribution in [0.5, 0.6) is 5.75 Å². The van der Waals surface area contributed by atoms with E-state index in [1.54, 1.807) is 6.07 Å². The van der Waals surface area contributed by atoms with Crippen LogP contribution in [-0.4, -0.2) is 29.7 Å². The Morgan fingerprint density at radius 3 is 2.64 bits per heavy atom. The van der Waals surface area contributed by atoms with Gasteiger partial charge < -0.3 is 9.84 Å². The summed E-state index contributed by atoms with van der Waals surface area (Å²) < 4.78 is 5.86. The highest BCUT2D eigenvalue weighted by Crippen LogP contribution is 2.27. The van der Waals surface area contributed by atoms with Gasteiger partial charge >= 0.3 is 0 Å². The Bertz CT molecular complexity index is 646. The maximum Gasteiger partial charge on any atom is 0.134 e. The first-order chi connectivity index (χ1) is 10.6. The number of rotatable bonds is 3. The Balaban J connectivity index is 1.67. The Hall–Kier alpha value is -1.26. The number of halogens is 2. The predicted molar refractivity (Wildman–Crippen MR) is 88.5 cm³/mol. The predicted octanol–water partition coefficient (Wildman–Crippen LogP) is 4.27. The van der Waals surface area contributed by atoms with Crippen LogP contribution < -0.4 is 0 Å². The van der Waals surface area contributed by atoms with Gasteiger partial charge in [0.1, 0.15) is 5.75 Å². The smallest absolute Gasteiger partial charge is 0.134 e. The van der Waals surface area contributed by atoms with Crippen molar-refractivity contribution in [2.75, 3.05) is 19.7 Å². The van der Waals surface area contributed by atoms with E-state index in [1.165, 1.54) is 0 Å². The van der Waals surface area contributed by atoms with Gasteiger partial charge in [-0.05, 0) is 35.4 Å². The van der Waals surface area contributed by atoms with Crippen LogP contribution in [0.1, 0.15) is 17.2 Å². The first-order valence-electron chi connectivity index (χ1n) is 7.18. The summed E-state index contributed by atoms with van der Waals surface area (Å²) in [6.45, 7) is 3.18. The van der Waals surface area contributed by atoms with Gasteiger partial charge in [0.25, 0.3) is 0 Å². The Morgan fingerprint density at radius 1 is 1.14 bits per heavy atom. The van der Waals surface area contributed by atoms with E-state index in [0.717, 1.165) is 35.8 Å². The minimum Gasteiger partial charge on any atom is -0.506 e. The highest BCUT2D eigenvalue weighted by molar-refractivity contribution is 6.32. The number of hydrogen-bond donors (Lipinski definition) is 1. The molecule has 0 saturated carbocycles. The van der Waals surface area contributed by atoms with Crippen molar-refractivity contribution >= 4 is 23.2 Å². The molecule has 0 spiro atoms. The molecule has 0 bridgehead atoms. The summed E-state index contributed by atoms with van der Waals surface area (Å²) in [5.41, 5.74) is 2.22. The summed E-state index contributed by atoms with van der Waals surface area (Å²) in [6, 6.07) is 13.1. The van der Waals surface area contributed by atoms with Crippen molar-refractivity contribution in [3.63, 3.8) is 0 Å². The van der Waals surface area contributed by atoms with Gasteiger partial charge in [0.05, 0.1) is 17.7 Å². The molecule has 0 radical (unpaired) electrons. The minimum atomic E-state index is 0.0543. The third-order valence-electron chi connectivity index (χ3n) is 3.81. The summed E-state index contributed by atoms with van der Waals surface area (Å²) in [7, 11) is 0. The van der Waals surface area contributed by atoms with Gasteiger partial charge in [0.2, 0.25) is 0 Å². The molecule has 1 heterocycles. The normalized spacial score (nSPS) is 19.3. The second kappa shape index (κ2) is 6.88. The van der Waals surface area contributed by atoms with E-state index in [2.05, 4.69) is 4.90 Å². The molecule has 0 unspecified atom stereocenters. The second-order valence-electron chi connectivity index (χ2n) is 5.43. The molecule has 1 N–H and O–H groups in total. The summed E-state index contributed by atoms with van der Waals surface area (Å²) in [6.07, 6.45) is 0.0543. The van der Waals surface area contributed by atoms with Crippen molar-refractivity contribution in [3.05, 3.63) is 63.6 Å². The molecule has 5 heteroatoms. The van der Waals surface area contributed by atoms with E-state index in [9.17, 15) is 5.11 Å². The summed E-state index contributed by atoms with van der Waals surface area (Å²) >= 11 is 11.9. The number of benzene rings is 2. The van der Waals surface area contributed by atoms with Crippen LogP contribution in [0.2, 0.25) is 10.0 Å². The van der Waals surface area contributed by atoms with Crippen molar-refractivity contribution in [1.82, 2.24) is 4.90 Å². The zero-order valence-corrected chi connectivity index (χ0v) is 13.5. The maximum atomic E-state index is 9.49. The molecule has 2 aromatic rings. The van der Waals surface area contributed by atoms with E-state index in [0.29, 0.717) is 11.6 Å². The van der Waals surface area contributed by atoms with Crippen LogP contribution in [0, 0.1) is 0 Å². The Morgan fingerprint density at radius 2 is 1.91 bits per heavy atom. The highest BCUT2D eigenvalue weighted by atomic mass is 35.5. The van der Waals surface area contributed by atoms with E-state index in [4.69, 9.17) is 27.9 Å². The van der Waals surface area contributed by atoms with Crippen LogP contribution in [0.3, 0.4) is 0 Å². The molecular formula is C17H17Cl2NO2. The fourth-order valence-electron chi connectivity index (χ4n) is 2.63. The lowest BCUT2D eigenvalue weighted by molar-refractivity contribution is -0.0329. The molecular weight excluding hydrogens is 321 g/mol. The van der Waals surface area contributed by atoms with Gasteiger partial charge in [-0.2, -0.15) is 0 Å². The van der Waals surface area contributed by atoms with Crippen molar-refractivity contribution in [2.24, 2.45) is 0 Å². The molecule has 22 heavy (non-hydrogen) atoms. The van der Waals surface area contributed by atoms with Crippen LogP contribution in [0.15, 0.2) is 42.5 Å². The van der Waals surface area contributed by atoms with Gasteiger partial charge in [0, 0.05) is 24.7 Å². The molecule has 0 aliphatic carbocycles. The Labute approximate surface area is 140 Å². The largest absolute Gasteiger partial charge is 0.506 e. The van der Waals surface area contributed by atoms with Crippen molar-refractivity contribution in [3.8, 4) is 5.75 Å². The molecule has 116 valence electrons. The summed E-state index contributed by atoms with van der Waals surface area (Å²) in [5.74, 6) is 0.117. The first-order valence-corrected chi connectivity index (χ1v) is 7.94. The number of phenolic OH excluding ortho intramolecular Hbond substituents is 1. The molecule has 1 atom stereocenters. The number of nitrogens with zero attached hydrogens (tertiary/aromatic N) is 1. The topological polar surface area (TPSA) is 32.7 Å². The van der Waals surface area contributed by atoms with Gasteiger partial charge in [0.15, 0.2) is 0 Å². The van der Waals surface area contributed by atoms with Crippen LogP contribution in [0.4, 0.5) is 0 Å². The molecule has 0 aromatic heterocycles. The van der Waals surface area contributed by atoms with Crippen molar-refractivity contribution < 1.29 is 9.84 Å². The summed E-state index contributed by atoms with van der Waals surface area (Å²) in [5, 5.41) is 10.6. The molecule has 3 nitrogen and oxygen atoms in total. The molecule has 2 aromatic carbocycles. The lowest BCUT2D eigenvalue weighted by atomic mass is 10.1. The highest BCUT2D eigenvalue weighted by Gasteiger charge is 2.22. The maximum absolute atomic E-state index is 9.49. The monoisotopic (exact) mass is 337 g/mol. The molecule has 1 aliphatic rings. The third-order valence-corrected chi connectivity index (χ3v) is 4.37. The number of ether oxygens (including phenoxy) is 1. The van der Waals surface area contributed by atoms with E-state index >= 15 is 0 Å². The minimum absolute atomic E-state index is 0.0543.